The average Bonchev–Trinajstić information content (AvgIpc) is 2.68. The van der Waals surface area contributed by atoms with Gasteiger partial charge in [0.1, 0.15) is 0 Å². The lowest BCUT2D eigenvalue weighted by atomic mass is 10.1. The second kappa shape index (κ2) is 11.5. The number of guanidine groups is 1. The van der Waals surface area contributed by atoms with Crippen LogP contribution in [0.3, 0.4) is 0 Å². The van der Waals surface area contributed by atoms with Gasteiger partial charge < -0.3 is 25.2 Å². The number of nitrogens with one attached hydrogen (secondary N) is 2. The van der Waals surface area contributed by atoms with Crippen molar-refractivity contribution in [3.63, 3.8) is 0 Å². The average molecular weight is 390 g/mol. The largest absolute Gasteiger partial charge is 0.450 e. The van der Waals surface area contributed by atoms with E-state index in [9.17, 15) is 4.79 Å². The quantitative estimate of drug-likeness (QED) is 0.554. The van der Waals surface area contributed by atoms with Crippen molar-refractivity contribution in [3.05, 3.63) is 35.4 Å². The summed E-state index contributed by atoms with van der Waals surface area (Å²) in [6.07, 6.45) is 1.57. The molecular formula is C21H35N5O2. The second-order valence-corrected chi connectivity index (χ2v) is 7.35. The predicted octanol–water partition coefficient (Wildman–Crippen LogP) is 2.42. The maximum atomic E-state index is 11.8. The summed E-state index contributed by atoms with van der Waals surface area (Å²) in [7, 11) is 4.15. The van der Waals surface area contributed by atoms with Crippen molar-refractivity contribution in [1.82, 2.24) is 20.4 Å². The number of piperidine rings is 1. The summed E-state index contributed by atoms with van der Waals surface area (Å²) < 4.78 is 5.08. The summed E-state index contributed by atoms with van der Waals surface area (Å²) in [5.74, 6) is 0.828. The topological polar surface area (TPSA) is 69.2 Å². The Morgan fingerprint density at radius 2 is 1.82 bits per heavy atom. The van der Waals surface area contributed by atoms with Crippen molar-refractivity contribution < 1.29 is 9.53 Å². The number of amides is 1. The Kier molecular flexibility index (Phi) is 9.07. The van der Waals surface area contributed by atoms with Gasteiger partial charge in [0.2, 0.25) is 0 Å². The maximum absolute atomic E-state index is 11.8. The normalized spacial score (nSPS) is 15.6. The van der Waals surface area contributed by atoms with E-state index in [1.165, 1.54) is 11.1 Å². The fourth-order valence-corrected chi connectivity index (χ4v) is 3.22. The SMILES string of the molecule is CCNC(=NCc1ccc(CN(C)C)cc1)NC1CCN(C(=O)OCC)CC1. The van der Waals surface area contributed by atoms with Crippen LogP contribution in [0.2, 0.25) is 0 Å². The molecule has 2 rings (SSSR count). The van der Waals surface area contributed by atoms with Crippen molar-refractivity contribution in [3.8, 4) is 0 Å². The molecular weight excluding hydrogens is 354 g/mol. The molecule has 1 saturated heterocycles. The van der Waals surface area contributed by atoms with Gasteiger partial charge in [0.25, 0.3) is 0 Å². The third-order valence-corrected chi connectivity index (χ3v) is 4.65. The molecule has 7 heteroatoms. The van der Waals surface area contributed by atoms with E-state index in [2.05, 4.69) is 60.8 Å². The lowest BCUT2D eigenvalue weighted by molar-refractivity contribution is 0.0963. The van der Waals surface area contributed by atoms with Gasteiger partial charge >= 0.3 is 6.09 Å². The lowest BCUT2D eigenvalue weighted by Crippen LogP contribution is -2.49. The van der Waals surface area contributed by atoms with E-state index >= 15 is 0 Å². The molecule has 28 heavy (non-hydrogen) atoms. The maximum Gasteiger partial charge on any atom is 0.409 e. The number of carbonyl (C=O) groups excluding carboxylic acids is 1. The highest BCUT2D eigenvalue weighted by atomic mass is 16.6. The molecule has 1 heterocycles. The van der Waals surface area contributed by atoms with Crippen LogP contribution in [0.4, 0.5) is 4.79 Å². The van der Waals surface area contributed by atoms with Crippen molar-refractivity contribution in [2.45, 2.75) is 45.8 Å². The third-order valence-electron chi connectivity index (χ3n) is 4.65. The van der Waals surface area contributed by atoms with E-state index in [0.29, 0.717) is 32.3 Å². The predicted molar refractivity (Wildman–Crippen MR) is 113 cm³/mol. The molecule has 1 fully saturated rings. The molecule has 1 amide bonds. The van der Waals surface area contributed by atoms with Crippen molar-refractivity contribution in [2.24, 2.45) is 4.99 Å². The summed E-state index contributed by atoms with van der Waals surface area (Å²) in [6.45, 7) is 8.14. The first kappa shape index (κ1) is 22.0. The zero-order valence-electron chi connectivity index (χ0n) is 17.7. The van der Waals surface area contributed by atoms with Crippen LogP contribution >= 0.6 is 0 Å². The van der Waals surface area contributed by atoms with Crippen molar-refractivity contribution in [1.29, 1.82) is 0 Å². The summed E-state index contributed by atoms with van der Waals surface area (Å²) >= 11 is 0. The standard InChI is InChI=1S/C21H35N5O2/c1-5-22-20(23-15-17-7-9-18(10-8-17)16-25(3)4)24-19-11-13-26(14-12-19)21(27)28-6-2/h7-10,19H,5-6,11-16H2,1-4H3,(H2,22,23,24). The van der Waals surface area contributed by atoms with E-state index in [0.717, 1.165) is 31.9 Å². The number of ether oxygens (including phenoxy) is 1. The molecule has 2 N–H and O–H groups in total. The number of aliphatic imine (C=N–C) groups is 1. The van der Waals surface area contributed by atoms with Crippen molar-refractivity contribution in [2.75, 3.05) is 40.3 Å². The Balaban J connectivity index is 1.86. The number of benzene rings is 1. The second-order valence-electron chi connectivity index (χ2n) is 7.35. The van der Waals surface area contributed by atoms with Gasteiger partial charge in [-0.25, -0.2) is 9.79 Å². The minimum Gasteiger partial charge on any atom is -0.450 e. The molecule has 1 aliphatic rings. The fraction of sp³-hybridized carbons (Fsp3) is 0.619. The van der Waals surface area contributed by atoms with Gasteiger partial charge in [-0.3, -0.25) is 0 Å². The number of hydrogen-bond acceptors (Lipinski definition) is 4. The first-order chi connectivity index (χ1) is 13.5. The van der Waals surface area contributed by atoms with Crippen LogP contribution in [-0.4, -0.2) is 68.2 Å². The van der Waals surface area contributed by atoms with E-state index in [1.54, 1.807) is 4.90 Å². The molecule has 0 radical (unpaired) electrons. The molecule has 1 aromatic carbocycles. The molecule has 0 aromatic heterocycles. The van der Waals surface area contributed by atoms with Crippen LogP contribution in [0.25, 0.3) is 0 Å². The van der Waals surface area contributed by atoms with Gasteiger partial charge in [-0.1, -0.05) is 24.3 Å². The molecule has 0 bridgehead atoms. The van der Waals surface area contributed by atoms with Gasteiger partial charge in [-0.15, -0.1) is 0 Å². The Hall–Kier alpha value is -2.28. The molecule has 0 atom stereocenters. The highest BCUT2D eigenvalue weighted by Crippen LogP contribution is 2.12. The zero-order valence-corrected chi connectivity index (χ0v) is 17.7. The number of carbonyl (C=O) groups is 1. The molecule has 156 valence electrons. The Labute approximate surface area is 169 Å². The van der Waals surface area contributed by atoms with Crippen LogP contribution < -0.4 is 10.6 Å². The van der Waals surface area contributed by atoms with E-state index in [-0.39, 0.29) is 6.09 Å². The van der Waals surface area contributed by atoms with Gasteiger partial charge in [0.05, 0.1) is 13.2 Å². The van der Waals surface area contributed by atoms with Crippen LogP contribution in [0.5, 0.6) is 0 Å². The smallest absolute Gasteiger partial charge is 0.409 e. The summed E-state index contributed by atoms with van der Waals surface area (Å²) in [5, 5.41) is 6.83. The molecule has 0 aliphatic carbocycles. The summed E-state index contributed by atoms with van der Waals surface area (Å²) in [5.41, 5.74) is 2.49. The minimum absolute atomic E-state index is 0.209. The lowest BCUT2D eigenvalue weighted by Gasteiger charge is -2.32. The zero-order chi connectivity index (χ0) is 20.4. The highest BCUT2D eigenvalue weighted by Gasteiger charge is 2.23. The van der Waals surface area contributed by atoms with Gasteiger partial charge in [0.15, 0.2) is 5.96 Å². The number of likely N-dealkylation sites (tertiary alicyclic amines) is 1. The molecule has 1 aliphatic heterocycles. The molecule has 0 spiro atoms. The number of nitrogens with zero attached hydrogens (tertiary/aromatic N) is 3. The summed E-state index contributed by atoms with van der Waals surface area (Å²) in [4.78, 5) is 20.5. The number of hydrogen-bond donors (Lipinski definition) is 2. The van der Waals surface area contributed by atoms with E-state index in [4.69, 9.17) is 9.73 Å². The van der Waals surface area contributed by atoms with Crippen LogP contribution in [0.15, 0.2) is 29.3 Å². The molecule has 0 unspecified atom stereocenters. The Bertz CT molecular complexity index is 622. The van der Waals surface area contributed by atoms with Gasteiger partial charge in [-0.05, 0) is 51.9 Å². The molecule has 1 aromatic rings. The minimum atomic E-state index is -0.209. The third kappa shape index (κ3) is 7.38. The first-order valence-corrected chi connectivity index (χ1v) is 10.2. The van der Waals surface area contributed by atoms with Crippen LogP contribution in [0.1, 0.15) is 37.8 Å². The molecule has 0 saturated carbocycles. The van der Waals surface area contributed by atoms with Crippen LogP contribution in [-0.2, 0) is 17.8 Å². The summed E-state index contributed by atoms with van der Waals surface area (Å²) in [6, 6.07) is 8.92. The van der Waals surface area contributed by atoms with E-state index in [1.807, 2.05) is 6.92 Å². The Morgan fingerprint density at radius 1 is 1.18 bits per heavy atom. The Morgan fingerprint density at radius 3 is 2.39 bits per heavy atom. The van der Waals surface area contributed by atoms with E-state index < -0.39 is 0 Å². The molecule has 7 nitrogen and oxygen atoms in total. The highest BCUT2D eigenvalue weighted by molar-refractivity contribution is 5.80. The first-order valence-electron chi connectivity index (χ1n) is 10.2. The monoisotopic (exact) mass is 389 g/mol. The number of rotatable bonds is 7. The van der Waals surface area contributed by atoms with Crippen LogP contribution in [0, 0.1) is 0 Å². The van der Waals surface area contributed by atoms with Crippen molar-refractivity contribution >= 4 is 12.1 Å². The van der Waals surface area contributed by atoms with Gasteiger partial charge in [-0.2, -0.15) is 0 Å². The fourth-order valence-electron chi connectivity index (χ4n) is 3.22. The van der Waals surface area contributed by atoms with Gasteiger partial charge in [0, 0.05) is 32.2 Å².